The largest absolute Gasteiger partial charge is 0.486 e. The molecule has 1 aliphatic rings. The highest BCUT2D eigenvalue weighted by Gasteiger charge is 2.15. The van der Waals surface area contributed by atoms with Gasteiger partial charge < -0.3 is 19.4 Å². The summed E-state index contributed by atoms with van der Waals surface area (Å²) < 4.78 is 13.3. The summed E-state index contributed by atoms with van der Waals surface area (Å²) in [6, 6.07) is 5.90. The fraction of sp³-hybridized carbons (Fsp3) is 0.375. The van der Waals surface area contributed by atoms with Crippen molar-refractivity contribution in [2.75, 3.05) is 18.5 Å². The summed E-state index contributed by atoms with van der Waals surface area (Å²) >= 11 is 6.30. The Balaban J connectivity index is 1.80. The van der Waals surface area contributed by atoms with E-state index < -0.39 is 0 Å². The average Bonchev–Trinajstić information content (AvgIpc) is 2.72. The van der Waals surface area contributed by atoms with Gasteiger partial charge in [0.05, 0.1) is 10.7 Å². The van der Waals surface area contributed by atoms with E-state index in [4.69, 9.17) is 21.1 Å². The maximum absolute atomic E-state index is 6.30. The Morgan fingerprint density at radius 2 is 1.81 bits per heavy atom. The molecule has 0 amide bonds. The molecule has 1 aromatic carbocycles. The van der Waals surface area contributed by atoms with Crippen molar-refractivity contribution in [1.82, 2.24) is 4.57 Å². The van der Waals surface area contributed by atoms with Gasteiger partial charge in [-0.05, 0) is 25.5 Å². The topological polar surface area (TPSA) is 35.4 Å². The molecule has 0 atom stereocenters. The van der Waals surface area contributed by atoms with Crippen LogP contribution in [0.2, 0.25) is 5.02 Å². The highest BCUT2D eigenvalue weighted by atomic mass is 35.5. The molecule has 3 rings (SSSR count). The molecule has 0 bridgehead atoms. The standard InChI is InChI=1S/C16H19ClN2O2/c1-10-6-12(11(2)19(10)3)9-18-14-8-16-15(7-13(14)17)20-4-5-21-16/h6-8,18H,4-5,9H2,1-3H3. The number of anilines is 1. The molecule has 1 N–H and O–H groups in total. The van der Waals surface area contributed by atoms with Crippen molar-refractivity contribution in [2.24, 2.45) is 7.05 Å². The Kier molecular flexibility index (Phi) is 3.72. The van der Waals surface area contributed by atoms with E-state index in [-0.39, 0.29) is 0 Å². The summed E-state index contributed by atoms with van der Waals surface area (Å²) in [7, 11) is 2.07. The Labute approximate surface area is 129 Å². The lowest BCUT2D eigenvalue weighted by Gasteiger charge is -2.20. The van der Waals surface area contributed by atoms with Gasteiger partial charge in [0.2, 0.25) is 0 Å². The quantitative estimate of drug-likeness (QED) is 0.939. The van der Waals surface area contributed by atoms with Gasteiger partial charge >= 0.3 is 0 Å². The van der Waals surface area contributed by atoms with Gasteiger partial charge in [-0.15, -0.1) is 0 Å². The van der Waals surface area contributed by atoms with Crippen molar-refractivity contribution in [3.8, 4) is 11.5 Å². The summed E-state index contributed by atoms with van der Waals surface area (Å²) in [5.41, 5.74) is 4.63. The first-order valence-electron chi connectivity index (χ1n) is 7.01. The zero-order chi connectivity index (χ0) is 15.0. The van der Waals surface area contributed by atoms with Crippen molar-refractivity contribution in [3.05, 3.63) is 40.2 Å². The van der Waals surface area contributed by atoms with Crippen molar-refractivity contribution < 1.29 is 9.47 Å². The van der Waals surface area contributed by atoms with Crippen LogP contribution in [0, 0.1) is 13.8 Å². The molecular weight excluding hydrogens is 288 g/mol. The number of halogens is 1. The maximum atomic E-state index is 6.30. The summed E-state index contributed by atoms with van der Waals surface area (Å²) in [6.07, 6.45) is 0. The third-order valence-corrected chi connectivity index (χ3v) is 4.29. The SMILES string of the molecule is Cc1cc(CNc2cc3c(cc2Cl)OCCO3)c(C)n1C. The minimum absolute atomic E-state index is 0.568. The number of benzene rings is 1. The highest BCUT2D eigenvalue weighted by molar-refractivity contribution is 6.33. The first kappa shape index (κ1) is 14.1. The predicted molar refractivity (Wildman–Crippen MR) is 84.7 cm³/mol. The van der Waals surface area contributed by atoms with E-state index in [2.05, 4.69) is 36.8 Å². The van der Waals surface area contributed by atoms with E-state index in [1.165, 1.54) is 17.0 Å². The lowest BCUT2D eigenvalue weighted by atomic mass is 10.2. The average molecular weight is 307 g/mol. The zero-order valence-electron chi connectivity index (χ0n) is 12.5. The Morgan fingerprint density at radius 3 is 2.43 bits per heavy atom. The van der Waals surface area contributed by atoms with E-state index in [0.717, 1.165) is 18.0 Å². The predicted octanol–water partition coefficient (Wildman–Crippen LogP) is 3.68. The van der Waals surface area contributed by atoms with Crippen LogP contribution < -0.4 is 14.8 Å². The Morgan fingerprint density at radius 1 is 1.14 bits per heavy atom. The van der Waals surface area contributed by atoms with Crippen LogP contribution >= 0.6 is 11.6 Å². The number of ether oxygens (including phenoxy) is 2. The third-order valence-electron chi connectivity index (χ3n) is 3.98. The summed E-state index contributed by atoms with van der Waals surface area (Å²) in [6.45, 7) is 6.10. The Hall–Kier alpha value is -1.81. The molecule has 1 aliphatic heterocycles. The molecule has 21 heavy (non-hydrogen) atoms. The second-order valence-electron chi connectivity index (χ2n) is 5.28. The van der Waals surface area contributed by atoms with Gasteiger partial charge in [-0.3, -0.25) is 0 Å². The van der Waals surface area contributed by atoms with Crippen LogP contribution in [-0.4, -0.2) is 17.8 Å². The molecular formula is C16H19ClN2O2. The molecule has 2 aromatic rings. The number of aromatic nitrogens is 1. The summed E-state index contributed by atoms with van der Waals surface area (Å²) in [4.78, 5) is 0. The molecule has 0 aliphatic carbocycles. The van der Waals surface area contributed by atoms with Gasteiger partial charge in [0.1, 0.15) is 13.2 Å². The molecule has 0 fully saturated rings. The molecule has 1 aromatic heterocycles. The van der Waals surface area contributed by atoms with Crippen molar-refractivity contribution in [1.29, 1.82) is 0 Å². The van der Waals surface area contributed by atoms with Crippen LogP contribution in [0.4, 0.5) is 5.69 Å². The number of hydrogen-bond donors (Lipinski definition) is 1. The van der Waals surface area contributed by atoms with Crippen LogP contribution in [0.5, 0.6) is 11.5 Å². The molecule has 0 spiro atoms. The molecule has 0 radical (unpaired) electrons. The molecule has 0 saturated carbocycles. The van der Waals surface area contributed by atoms with Gasteiger partial charge in [-0.2, -0.15) is 0 Å². The van der Waals surface area contributed by atoms with Crippen molar-refractivity contribution in [3.63, 3.8) is 0 Å². The lowest BCUT2D eigenvalue weighted by molar-refractivity contribution is 0.171. The van der Waals surface area contributed by atoms with E-state index in [0.29, 0.717) is 24.0 Å². The van der Waals surface area contributed by atoms with Gasteiger partial charge in [-0.25, -0.2) is 0 Å². The molecule has 5 heteroatoms. The van der Waals surface area contributed by atoms with Crippen LogP contribution in [0.1, 0.15) is 17.0 Å². The van der Waals surface area contributed by atoms with Crippen LogP contribution in [-0.2, 0) is 13.6 Å². The van der Waals surface area contributed by atoms with Crippen LogP contribution in [0.25, 0.3) is 0 Å². The number of fused-ring (bicyclic) bond motifs is 1. The van der Waals surface area contributed by atoms with Crippen molar-refractivity contribution >= 4 is 17.3 Å². The van der Waals surface area contributed by atoms with E-state index in [1.807, 2.05) is 12.1 Å². The van der Waals surface area contributed by atoms with Crippen LogP contribution in [0.15, 0.2) is 18.2 Å². The number of hydrogen-bond acceptors (Lipinski definition) is 3. The minimum atomic E-state index is 0.568. The minimum Gasteiger partial charge on any atom is -0.486 e. The monoisotopic (exact) mass is 306 g/mol. The smallest absolute Gasteiger partial charge is 0.163 e. The summed E-state index contributed by atoms with van der Waals surface area (Å²) in [5.74, 6) is 1.46. The third kappa shape index (κ3) is 2.68. The van der Waals surface area contributed by atoms with Crippen molar-refractivity contribution in [2.45, 2.75) is 20.4 Å². The Bertz CT molecular complexity index is 679. The second-order valence-corrected chi connectivity index (χ2v) is 5.69. The first-order valence-corrected chi connectivity index (χ1v) is 7.39. The molecule has 4 nitrogen and oxygen atoms in total. The number of rotatable bonds is 3. The van der Waals surface area contributed by atoms with E-state index in [1.54, 1.807) is 0 Å². The highest BCUT2D eigenvalue weighted by Crippen LogP contribution is 2.38. The molecule has 112 valence electrons. The van der Waals surface area contributed by atoms with Gasteiger partial charge in [0.15, 0.2) is 11.5 Å². The van der Waals surface area contributed by atoms with E-state index in [9.17, 15) is 0 Å². The zero-order valence-corrected chi connectivity index (χ0v) is 13.3. The summed E-state index contributed by atoms with van der Waals surface area (Å²) in [5, 5.41) is 4.02. The van der Waals surface area contributed by atoms with Crippen LogP contribution in [0.3, 0.4) is 0 Å². The molecule has 0 unspecified atom stereocenters. The fourth-order valence-corrected chi connectivity index (χ4v) is 2.72. The number of aryl methyl sites for hydroxylation is 1. The number of nitrogens with zero attached hydrogens (tertiary/aromatic N) is 1. The molecule has 0 saturated heterocycles. The van der Waals surface area contributed by atoms with Gasteiger partial charge in [0.25, 0.3) is 0 Å². The van der Waals surface area contributed by atoms with Gasteiger partial charge in [-0.1, -0.05) is 11.6 Å². The number of nitrogens with one attached hydrogen (secondary N) is 1. The lowest BCUT2D eigenvalue weighted by Crippen LogP contribution is -2.15. The second kappa shape index (κ2) is 5.53. The van der Waals surface area contributed by atoms with E-state index >= 15 is 0 Å². The fourth-order valence-electron chi connectivity index (χ4n) is 2.50. The first-order chi connectivity index (χ1) is 10.1. The van der Waals surface area contributed by atoms with Gasteiger partial charge in [0, 0.05) is 37.1 Å². The molecule has 2 heterocycles. The normalized spacial score (nSPS) is 13.3. The maximum Gasteiger partial charge on any atom is 0.163 e.